The zero-order valence-electron chi connectivity index (χ0n) is 12.1. The monoisotopic (exact) mass is 405 g/mol. The van der Waals surface area contributed by atoms with Crippen LogP contribution in [0.2, 0.25) is 0 Å². The van der Waals surface area contributed by atoms with E-state index in [0.29, 0.717) is 12.2 Å². The van der Waals surface area contributed by atoms with Crippen molar-refractivity contribution in [3.63, 3.8) is 0 Å². The Morgan fingerprint density at radius 1 is 1.38 bits per heavy atom. The Kier molecular flexibility index (Phi) is 6.72. The van der Waals surface area contributed by atoms with Gasteiger partial charge in [0.15, 0.2) is 0 Å². The lowest BCUT2D eigenvalue weighted by molar-refractivity contribution is 0.0358. The standard InChI is InChI=1S/C15H20INO4/c1-19-15(18)12-3-4-13(16)14(11-12)21-8-2-5-17-6-9-20-10-7-17/h3-4,11H,2,5-10H2,1H3. The maximum Gasteiger partial charge on any atom is 0.337 e. The molecule has 0 spiro atoms. The van der Waals surface area contributed by atoms with E-state index in [1.165, 1.54) is 7.11 Å². The van der Waals surface area contributed by atoms with Crippen LogP contribution in [0.15, 0.2) is 18.2 Å². The van der Waals surface area contributed by atoms with E-state index in [-0.39, 0.29) is 5.97 Å². The molecular weight excluding hydrogens is 385 g/mol. The zero-order chi connectivity index (χ0) is 15.1. The van der Waals surface area contributed by atoms with Crippen molar-refractivity contribution >= 4 is 28.6 Å². The van der Waals surface area contributed by atoms with E-state index in [4.69, 9.17) is 14.2 Å². The molecule has 0 aliphatic carbocycles. The summed E-state index contributed by atoms with van der Waals surface area (Å²) >= 11 is 2.20. The largest absolute Gasteiger partial charge is 0.492 e. The Morgan fingerprint density at radius 3 is 2.86 bits per heavy atom. The van der Waals surface area contributed by atoms with Gasteiger partial charge >= 0.3 is 5.97 Å². The number of nitrogens with zero attached hydrogens (tertiary/aromatic N) is 1. The lowest BCUT2D eigenvalue weighted by Gasteiger charge is -2.26. The fraction of sp³-hybridized carbons (Fsp3) is 0.533. The first-order valence-corrected chi connectivity index (χ1v) is 8.09. The SMILES string of the molecule is COC(=O)c1ccc(I)c(OCCCN2CCOCC2)c1. The Labute approximate surface area is 138 Å². The van der Waals surface area contributed by atoms with E-state index in [1.807, 2.05) is 6.07 Å². The average Bonchev–Trinajstić information content (AvgIpc) is 2.53. The number of hydrogen-bond acceptors (Lipinski definition) is 5. The number of esters is 1. The first-order chi connectivity index (χ1) is 10.2. The van der Waals surface area contributed by atoms with Gasteiger partial charge in [-0.3, -0.25) is 4.90 Å². The number of carbonyl (C=O) groups excluding carboxylic acids is 1. The minimum Gasteiger partial charge on any atom is -0.492 e. The van der Waals surface area contributed by atoms with Crippen LogP contribution >= 0.6 is 22.6 Å². The van der Waals surface area contributed by atoms with Gasteiger partial charge in [-0.15, -0.1) is 0 Å². The van der Waals surface area contributed by atoms with Crippen molar-refractivity contribution in [2.75, 3.05) is 46.6 Å². The summed E-state index contributed by atoms with van der Waals surface area (Å²) in [6, 6.07) is 5.35. The Hall–Kier alpha value is -0.860. The summed E-state index contributed by atoms with van der Waals surface area (Å²) in [6.45, 7) is 5.28. The number of benzene rings is 1. The molecule has 0 aromatic heterocycles. The van der Waals surface area contributed by atoms with Gasteiger partial charge in [-0.25, -0.2) is 4.79 Å². The first kappa shape index (κ1) is 16.5. The second kappa shape index (κ2) is 8.55. The molecule has 1 aromatic rings. The average molecular weight is 405 g/mol. The summed E-state index contributed by atoms with van der Waals surface area (Å²) < 4.78 is 16.8. The maximum absolute atomic E-state index is 11.5. The molecule has 0 atom stereocenters. The van der Waals surface area contributed by atoms with Crippen molar-refractivity contribution in [1.29, 1.82) is 0 Å². The van der Waals surface area contributed by atoms with Gasteiger partial charge in [0.2, 0.25) is 0 Å². The Morgan fingerprint density at radius 2 is 2.14 bits per heavy atom. The van der Waals surface area contributed by atoms with Gasteiger partial charge in [0, 0.05) is 19.6 Å². The first-order valence-electron chi connectivity index (χ1n) is 7.01. The molecule has 116 valence electrons. The molecular formula is C15H20INO4. The molecule has 0 amide bonds. The Balaban J connectivity index is 1.80. The van der Waals surface area contributed by atoms with E-state index in [9.17, 15) is 4.79 Å². The van der Waals surface area contributed by atoms with Crippen LogP contribution in [0.4, 0.5) is 0 Å². The van der Waals surface area contributed by atoms with Crippen molar-refractivity contribution in [2.24, 2.45) is 0 Å². The van der Waals surface area contributed by atoms with Gasteiger partial charge in [0.05, 0.1) is 36.1 Å². The quantitative estimate of drug-likeness (QED) is 0.413. The predicted octanol–water partition coefficient (Wildman–Crippen LogP) is 2.18. The summed E-state index contributed by atoms with van der Waals surface area (Å²) in [5.74, 6) is 0.394. The molecule has 2 rings (SSSR count). The molecule has 1 aliphatic heterocycles. The lowest BCUT2D eigenvalue weighted by atomic mass is 10.2. The van der Waals surface area contributed by atoms with Crippen LogP contribution < -0.4 is 4.74 Å². The summed E-state index contributed by atoms with van der Waals surface area (Å²) in [7, 11) is 1.38. The van der Waals surface area contributed by atoms with Crippen LogP contribution in [-0.4, -0.2) is 57.4 Å². The summed E-state index contributed by atoms with van der Waals surface area (Å²) in [4.78, 5) is 13.9. The van der Waals surface area contributed by atoms with Crippen LogP contribution in [0, 0.1) is 3.57 Å². The highest BCUT2D eigenvalue weighted by molar-refractivity contribution is 14.1. The van der Waals surface area contributed by atoms with Crippen molar-refractivity contribution in [3.05, 3.63) is 27.3 Å². The molecule has 0 bridgehead atoms. The van der Waals surface area contributed by atoms with Crippen LogP contribution in [0.25, 0.3) is 0 Å². The van der Waals surface area contributed by atoms with E-state index in [0.717, 1.165) is 48.6 Å². The molecule has 1 fully saturated rings. The van der Waals surface area contributed by atoms with Crippen molar-refractivity contribution in [3.8, 4) is 5.75 Å². The van der Waals surface area contributed by atoms with E-state index >= 15 is 0 Å². The molecule has 0 radical (unpaired) electrons. The number of halogens is 1. The number of methoxy groups -OCH3 is 1. The second-order valence-electron chi connectivity index (χ2n) is 4.79. The third kappa shape index (κ3) is 5.12. The second-order valence-corrected chi connectivity index (χ2v) is 5.96. The number of morpholine rings is 1. The fourth-order valence-corrected chi connectivity index (χ4v) is 2.65. The summed E-state index contributed by atoms with van der Waals surface area (Å²) in [6.07, 6.45) is 0.957. The molecule has 0 saturated carbocycles. The lowest BCUT2D eigenvalue weighted by Crippen LogP contribution is -2.37. The van der Waals surface area contributed by atoms with Crippen molar-refractivity contribution in [1.82, 2.24) is 4.90 Å². The van der Waals surface area contributed by atoms with Gasteiger partial charge in [-0.05, 0) is 47.2 Å². The van der Waals surface area contributed by atoms with Gasteiger partial charge in [0.1, 0.15) is 5.75 Å². The highest BCUT2D eigenvalue weighted by Gasteiger charge is 2.11. The summed E-state index contributed by atoms with van der Waals surface area (Å²) in [5.41, 5.74) is 0.515. The van der Waals surface area contributed by atoms with Gasteiger partial charge in [-0.2, -0.15) is 0 Å². The van der Waals surface area contributed by atoms with E-state index in [2.05, 4.69) is 27.5 Å². The third-order valence-electron chi connectivity index (χ3n) is 3.33. The fourth-order valence-electron chi connectivity index (χ4n) is 2.15. The number of carbonyl (C=O) groups is 1. The molecule has 0 unspecified atom stereocenters. The molecule has 0 N–H and O–H groups in total. The van der Waals surface area contributed by atoms with Crippen LogP contribution in [0.1, 0.15) is 16.8 Å². The molecule has 21 heavy (non-hydrogen) atoms. The van der Waals surface area contributed by atoms with E-state index < -0.39 is 0 Å². The topological polar surface area (TPSA) is 48.0 Å². The maximum atomic E-state index is 11.5. The van der Waals surface area contributed by atoms with Crippen molar-refractivity contribution < 1.29 is 19.0 Å². The number of ether oxygens (including phenoxy) is 3. The molecule has 1 heterocycles. The number of hydrogen-bond donors (Lipinski definition) is 0. The van der Waals surface area contributed by atoms with Crippen LogP contribution in [-0.2, 0) is 9.47 Å². The number of rotatable bonds is 6. The highest BCUT2D eigenvalue weighted by Crippen LogP contribution is 2.23. The summed E-state index contributed by atoms with van der Waals surface area (Å²) in [5, 5.41) is 0. The molecule has 1 saturated heterocycles. The Bertz CT molecular complexity index is 475. The van der Waals surface area contributed by atoms with Crippen molar-refractivity contribution in [2.45, 2.75) is 6.42 Å². The van der Waals surface area contributed by atoms with Gasteiger partial charge in [0.25, 0.3) is 0 Å². The van der Waals surface area contributed by atoms with Gasteiger partial charge in [-0.1, -0.05) is 0 Å². The smallest absolute Gasteiger partial charge is 0.337 e. The highest BCUT2D eigenvalue weighted by atomic mass is 127. The van der Waals surface area contributed by atoms with Crippen LogP contribution in [0.5, 0.6) is 5.75 Å². The normalized spacial score (nSPS) is 15.7. The minimum absolute atomic E-state index is 0.343. The molecule has 1 aliphatic rings. The third-order valence-corrected chi connectivity index (χ3v) is 4.22. The van der Waals surface area contributed by atoms with E-state index in [1.54, 1.807) is 12.1 Å². The molecule has 6 heteroatoms. The molecule has 5 nitrogen and oxygen atoms in total. The minimum atomic E-state index is -0.343. The van der Waals surface area contributed by atoms with Gasteiger partial charge < -0.3 is 14.2 Å². The van der Waals surface area contributed by atoms with Crippen LogP contribution in [0.3, 0.4) is 0 Å². The molecule has 1 aromatic carbocycles. The zero-order valence-corrected chi connectivity index (χ0v) is 14.3. The predicted molar refractivity (Wildman–Crippen MR) is 87.9 cm³/mol.